The van der Waals surface area contributed by atoms with E-state index in [0.29, 0.717) is 0 Å². The second-order valence-electron chi connectivity index (χ2n) is 2.13. The number of nitrogens with two attached hydrogens (primary N) is 2. The van der Waals surface area contributed by atoms with Crippen molar-refractivity contribution < 1.29 is 13.2 Å². The van der Waals surface area contributed by atoms with Gasteiger partial charge in [0.15, 0.2) is 5.82 Å². The first kappa shape index (κ1) is 8.63. The van der Waals surface area contributed by atoms with Crippen molar-refractivity contribution in [3.05, 3.63) is 17.6 Å². The van der Waals surface area contributed by atoms with Crippen LogP contribution in [-0.2, 0) is 0 Å². The van der Waals surface area contributed by atoms with Crippen molar-refractivity contribution in [3.8, 4) is 0 Å². The standard InChI is InChI=1S/C6H6F3N3/c7-2-1-3(10)12-5(4(2)11)6(8)9/h1,6H,11H2,(H2,10,12). The quantitative estimate of drug-likeness (QED) is 0.679. The summed E-state index contributed by atoms with van der Waals surface area (Å²) in [6.07, 6.45) is -2.91. The van der Waals surface area contributed by atoms with Crippen molar-refractivity contribution in [2.45, 2.75) is 6.43 Å². The number of alkyl halides is 2. The van der Waals surface area contributed by atoms with Crippen molar-refractivity contribution in [1.29, 1.82) is 0 Å². The molecule has 1 aromatic rings. The maximum absolute atomic E-state index is 12.6. The summed E-state index contributed by atoms with van der Waals surface area (Å²) in [4.78, 5) is 3.20. The predicted molar refractivity (Wildman–Crippen MR) is 38.0 cm³/mol. The van der Waals surface area contributed by atoms with Crippen molar-refractivity contribution in [2.24, 2.45) is 0 Å². The Morgan fingerprint density at radius 3 is 2.42 bits per heavy atom. The van der Waals surface area contributed by atoms with E-state index in [2.05, 4.69) is 4.98 Å². The summed E-state index contributed by atoms with van der Waals surface area (Å²) in [5.41, 5.74) is 8.54. The number of hydrogen-bond donors (Lipinski definition) is 2. The van der Waals surface area contributed by atoms with Crippen LogP contribution in [0.5, 0.6) is 0 Å². The fraction of sp³-hybridized carbons (Fsp3) is 0.167. The van der Waals surface area contributed by atoms with E-state index in [1.54, 1.807) is 0 Å². The predicted octanol–water partition coefficient (Wildman–Crippen LogP) is 1.32. The maximum Gasteiger partial charge on any atom is 0.282 e. The zero-order chi connectivity index (χ0) is 9.30. The Balaban J connectivity index is 3.28. The van der Waals surface area contributed by atoms with Crippen molar-refractivity contribution in [3.63, 3.8) is 0 Å². The number of halogens is 3. The average molecular weight is 177 g/mol. The molecule has 6 heteroatoms. The van der Waals surface area contributed by atoms with Gasteiger partial charge in [0, 0.05) is 6.07 Å². The van der Waals surface area contributed by atoms with E-state index in [1.165, 1.54) is 0 Å². The van der Waals surface area contributed by atoms with Gasteiger partial charge in [-0.05, 0) is 0 Å². The largest absolute Gasteiger partial charge is 0.395 e. The summed E-state index contributed by atoms with van der Waals surface area (Å²) >= 11 is 0. The van der Waals surface area contributed by atoms with E-state index in [0.717, 1.165) is 6.07 Å². The molecule has 1 rings (SSSR count). The number of nitrogens with zero attached hydrogens (tertiary/aromatic N) is 1. The number of rotatable bonds is 1. The molecule has 0 aliphatic carbocycles. The minimum absolute atomic E-state index is 0.308. The fourth-order valence-electron chi connectivity index (χ4n) is 0.728. The van der Waals surface area contributed by atoms with Crippen LogP contribution < -0.4 is 11.5 Å². The van der Waals surface area contributed by atoms with Gasteiger partial charge in [-0.25, -0.2) is 18.2 Å². The zero-order valence-electron chi connectivity index (χ0n) is 5.89. The van der Waals surface area contributed by atoms with E-state index in [4.69, 9.17) is 11.5 Å². The molecule has 0 fully saturated rings. The molecule has 1 heterocycles. The molecule has 66 valence electrons. The topological polar surface area (TPSA) is 64.9 Å². The molecular formula is C6H6F3N3. The maximum atomic E-state index is 12.6. The second-order valence-corrected chi connectivity index (χ2v) is 2.13. The molecule has 4 N–H and O–H groups in total. The van der Waals surface area contributed by atoms with Crippen LogP contribution in [0.25, 0.3) is 0 Å². The van der Waals surface area contributed by atoms with Crippen LogP contribution in [0.2, 0.25) is 0 Å². The Morgan fingerprint density at radius 2 is 1.92 bits per heavy atom. The second kappa shape index (κ2) is 2.88. The minimum atomic E-state index is -2.91. The summed E-state index contributed by atoms with van der Waals surface area (Å²) in [6.45, 7) is 0. The van der Waals surface area contributed by atoms with Gasteiger partial charge in [0.25, 0.3) is 6.43 Å². The van der Waals surface area contributed by atoms with Crippen LogP contribution in [-0.4, -0.2) is 4.98 Å². The van der Waals surface area contributed by atoms with E-state index < -0.39 is 23.6 Å². The lowest BCUT2D eigenvalue weighted by molar-refractivity contribution is 0.147. The molecule has 0 aliphatic heterocycles. The molecule has 0 saturated carbocycles. The third kappa shape index (κ3) is 1.41. The van der Waals surface area contributed by atoms with E-state index in [9.17, 15) is 13.2 Å². The Labute approximate surface area is 66.2 Å². The lowest BCUT2D eigenvalue weighted by Gasteiger charge is -2.04. The molecule has 0 spiro atoms. The van der Waals surface area contributed by atoms with Gasteiger partial charge in [0.2, 0.25) is 0 Å². The molecule has 1 aromatic heterocycles. The molecule has 12 heavy (non-hydrogen) atoms. The number of nitrogen functional groups attached to an aromatic ring is 2. The van der Waals surface area contributed by atoms with Crippen LogP contribution in [0.3, 0.4) is 0 Å². The van der Waals surface area contributed by atoms with Crippen LogP contribution in [0.4, 0.5) is 24.7 Å². The third-order valence-electron chi connectivity index (χ3n) is 1.26. The Hall–Kier alpha value is -1.46. The fourth-order valence-corrected chi connectivity index (χ4v) is 0.728. The lowest BCUT2D eigenvalue weighted by atomic mass is 10.3. The summed E-state index contributed by atoms with van der Waals surface area (Å²) in [5.74, 6) is -1.28. The SMILES string of the molecule is Nc1cc(F)c(N)c(C(F)F)n1. The summed E-state index contributed by atoms with van der Waals surface area (Å²) in [7, 11) is 0. The third-order valence-corrected chi connectivity index (χ3v) is 1.26. The van der Waals surface area contributed by atoms with Crippen molar-refractivity contribution in [1.82, 2.24) is 4.98 Å². The van der Waals surface area contributed by atoms with Crippen molar-refractivity contribution >= 4 is 11.5 Å². The highest BCUT2D eigenvalue weighted by Gasteiger charge is 2.16. The first-order valence-electron chi connectivity index (χ1n) is 3.02. The average Bonchev–Trinajstić information content (AvgIpc) is 1.96. The summed E-state index contributed by atoms with van der Waals surface area (Å²) in [5, 5.41) is 0. The Kier molecular flexibility index (Phi) is 2.07. The molecule has 0 amide bonds. The molecule has 0 atom stereocenters. The zero-order valence-corrected chi connectivity index (χ0v) is 5.89. The first-order valence-corrected chi connectivity index (χ1v) is 3.02. The van der Waals surface area contributed by atoms with Gasteiger partial charge in [-0.15, -0.1) is 0 Å². The van der Waals surface area contributed by atoms with Crippen LogP contribution in [0.15, 0.2) is 6.07 Å². The van der Waals surface area contributed by atoms with Gasteiger partial charge < -0.3 is 11.5 Å². The monoisotopic (exact) mass is 177 g/mol. The number of anilines is 2. The smallest absolute Gasteiger partial charge is 0.282 e. The number of hydrogen-bond acceptors (Lipinski definition) is 3. The number of pyridine rings is 1. The van der Waals surface area contributed by atoms with Crippen LogP contribution in [0, 0.1) is 5.82 Å². The Bertz CT molecular complexity index is 300. The summed E-state index contributed by atoms with van der Waals surface area (Å²) < 4.78 is 36.7. The van der Waals surface area contributed by atoms with E-state index >= 15 is 0 Å². The molecule has 0 unspecified atom stereocenters. The van der Waals surface area contributed by atoms with Gasteiger partial charge in [-0.2, -0.15) is 0 Å². The minimum Gasteiger partial charge on any atom is -0.395 e. The molecule has 0 saturated heterocycles. The molecule has 0 aliphatic rings. The highest BCUT2D eigenvalue weighted by molar-refractivity contribution is 5.49. The van der Waals surface area contributed by atoms with Crippen LogP contribution in [0.1, 0.15) is 12.1 Å². The number of aromatic nitrogens is 1. The molecule has 3 nitrogen and oxygen atoms in total. The molecule has 0 radical (unpaired) electrons. The van der Waals surface area contributed by atoms with Crippen LogP contribution >= 0.6 is 0 Å². The van der Waals surface area contributed by atoms with Gasteiger partial charge in [-0.1, -0.05) is 0 Å². The van der Waals surface area contributed by atoms with E-state index in [-0.39, 0.29) is 5.82 Å². The Morgan fingerprint density at radius 1 is 1.33 bits per heavy atom. The van der Waals surface area contributed by atoms with Gasteiger partial charge in [0.1, 0.15) is 11.5 Å². The van der Waals surface area contributed by atoms with E-state index in [1.807, 2.05) is 0 Å². The van der Waals surface area contributed by atoms with Gasteiger partial charge in [-0.3, -0.25) is 0 Å². The van der Waals surface area contributed by atoms with Gasteiger partial charge >= 0.3 is 0 Å². The highest BCUT2D eigenvalue weighted by atomic mass is 19.3. The summed E-state index contributed by atoms with van der Waals surface area (Å²) in [6, 6.07) is 0.793. The highest BCUT2D eigenvalue weighted by Crippen LogP contribution is 2.25. The molecule has 0 aromatic carbocycles. The normalized spacial score (nSPS) is 10.7. The van der Waals surface area contributed by atoms with Crippen molar-refractivity contribution in [2.75, 3.05) is 11.5 Å². The first-order chi connectivity index (χ1) is 5.52. The molecular weight excluding hydrogens is 171 g/mol. The molecule has 0 bridgehead atoms. The lowest BCUT2D eigenvalue weighted by Crippen LogP contribution is -2.04. The van der Waals surface area contributed by atoms with Gasteiger partial charge in [0.05, 0.1) is 5.69 Å².